The van der Waals surface area contributed by atoms with Gasteiger partial charge < -0.3 is 10.3 Å². The monoisotopic (exact) mass is 341 g/mol. The van der Waals surface area contributed by atoms with Gasteiger partial charge in [-0.3, -0.25) is 4.90 Å². The Morgan fingerprint density at radius 2 is 1.95 bits per heavy atom. The number of nitrogens with zero attached hydrogens (tertiary/aromatic N) is 4. The van der Waals surface area contributed by atoms with Gasteiger partial charge in [-0.15, -0.1) is 35.0 Å². The van der Waals surface area contributed by atoms with Crippen LogP contribution in [0.2, 0.25) is 0 Å². The SMILES string of the molecule is Cl.Cl.Nc1cccc(CN2CCn3c(nnc3C3CC3)C2)c1. The van der Waals surface area contributed by atoms with Crippen molar-refractivity contribution in [3.8, 4) is 0 Å². The zero-order valence-corrected chi connectivity index (χ0v) is 13.9. The van der Waals surface area contributed by atoms with Gasteiger partial charge in [-0.2, -0.15) is 0 Å². The van der Waals surface area contributed by atoms with Gasteiger partial charge in [0.25, 0.3) is 0 Å². The first-order valence-corrected chi connectivity index (χ1v) is 7.28. The number of hydrogen-bond donors (Lipinski definition) is 1. The number of nitrogens with two attached hydrogens (primary N) is 1. The van der Waals surface area contributed by atoms with Gasteiger partial charge in [0, 0.05) is 31.2 Å². The van der Waals surface area contributed by atoms with Crippen molar-refractivity contribution in [2.24, 2.45) is 0 Å². The number of hydrogen-bond acceptors (Lipinski definition) is 4. The zero-order valence-electron chi connectivity index (χ0n) is 12.3. The molecule has 0 saturated heterocycles. The molecular formula is C15H21Cl2N5. The molecule has 7 heteroatoms. The third-order valence-corrected chi connectivity index (χ3v) is 4.16. The normalized spacial score (nSPS) is 17.3. The van der Waals surface area contributed by atoms with Gasteiger partial charge in [-0.25, -0.2) is 0 Å². The average Bonchev–Trinajstić information content (AvgIpc) is 3.19. The Kier molecular flexibility index (Phi) is 5.32. The Labute approximate surface area is 142 Å². The minimum Gasteiger partial charge on any atom is -0.399 e. The molecule has 4 rings (SSSR count). The Morgan fingerprint density at radius 3 is 2.68 bits per heavy atom. The summed E-state index contributed by atoms with van der Waals surface area (Å²) in [7, 11) is 0. The molecule has 1 aromatic heterocycles. The van der Waals surface area contributed by atoms with Crippen LogP contribution in [-0.2, 0) is 19.6 Å². The van der Waals surface area contributed by atoms with Gasteiger partial charge in [0.1, 0.15) is 11.6 Å². The smallest absolute Gasteiger partial charge is 0.147 e. The number of rotatable bonds is 3. The highest BCUT2D eigenvalue weighted by molar-refractivity contribution is 5.85. The van der Waals surface area contributed by atoms with E-state index in [0.29, 0.717) is 5.92 Å². The third kappa shape index (κ3) is 3.37. The van der Waals surface area contributed by atoms with Crippen molar-refractivity contribution in [3.05, 3.63) is 41.5 Å². The summed E-state index contributed by atoms with van der Waals surface area (Å²) in [5.74, 6) is 3.00. The van der Waals surface area contributed by atoms with Crippen LogP contribution in [0.15, 0.2) is 24.3 Å². The molecule has 0 bridgehead atoms. The van der Waals surface area contributed by atoms with Crippen LogP contribution >= 0.6 is 24.8 Å². The van der Waals surface area contributed by atoms with Crippen LogP contribution in [0.1, 0.15) is 36.0 Å². The van der Waals surface area contributed by atoms with Gasteiger partial charge in [-0.1, -0.05) is 12.1 Å². The number of anilines is 1. The first kappa shape index (κ1) is 17.1. The molecule has 1 saturated carbocycles. The van der Waals surface area contributed by atoms with Gasteiger partial charge in [0.2, 0.25) is 0 Å². The summed E-state index contributed by atoms with van der Waals surface area (Å²) in [5, 5.41) is 8.76. The second kappa shape index (κ2) is 6.86. The van der Waals surface area contributed by atoms with E-state index in [0.717, 1.165) is 37.7 Å². The standard InChI is InChI=1S/C15H19N5.2ClH/c16-13-3-1-2-11(8-13)9-19-6-7-20-14(10-19)17-18-15(20)12-4-5-12;;/h1-3,8,12H,4-7,9-10,16H2;2*1H. The quantitative estimate of drug-likeness (QED) is 0.871. The van der Waals surface area contributed by atoms with Crippen molar-refractivity contribution >= 4 is 30.5 Å². The summed E-state index contributed by atoms with van der Waals surface area (Å²) in [6.07, 6.45) is 2.57. The summed E-state index contributed by atoms with van der Waals surface area (Å²) >= 11 is 0. The number of aromatic nitrogens is 3. The second-order valence-electron chi connectivity index (χ2n) is 5.86. The first-order chi connectivity index (χ1) is 9.79. The lowest BCUT2D eigenvalue weighted by Gasteiger charge is -2.27. The van der Waals surface area contributed by atoms with Crippen molar-refractivity contribution in [2.45, 2.75) is 38.4 Å². The molecule has 2 aromatic rings. The molecule has 22 heavy (non-hydrogen) atoms. The van der Waals surface area contributed by atoms with E-state index in [9.17, 15) is 0 Å². The fraction of sp³-hybridized carbons (Fsp3) is 0.467. The van der Waals surface area contributed by atoms with Gasteiger partial charge in [-0.05, 0) is 30.5 Å². The highest BCUT2D eigenvalue weighted by Gasteiger charge is 2.31. The minimum atomic E-state index is 0. The van der Waals surface area contributed by atoms with Crippen molar-refractivity contribution in [2.75, 3.05) is 12.3 Å². The number of nitrogen functional groups attached to an aromatic ring is 1. The van der Waals surface area contributed by atoms with Gasteiger partial charge in [0.15, 0.2) is 0 Å². The van der Waals surface area contributed by atoms with Crippen molar-refractivity contribution in [1.82, 2.24) is 19.7 Å². The number of benzene rings is 1. The van der Waals surface area contributed by atoms with Crippen LogP contribution in [-0.4, -0.2) is 26.2 Å². The molecule has 0 spiro atoms. The molecule has 2 aliphatic rings. The van der Waals surface area contributed by atoms with Crippen molar-refractivity contribution in [1.29, 1.82) is 0 Å². The highest BCUT2D eigenvalue weighted by atomic mass is 35.5. The van der Waals surface area contributed by atoms with Crippen LogP contribution < -0.4 is 5.73 Å². The predicted molar refractivity (Wildman–Crippen MR) is 91.5 cm³/mol. The summed E-state index contributed by atoms with van der Waals surface area (Å²) in [6, 6.07) is 8.13. The second-order valence-corrected chi connectivity index (χ2v) is 5.86. The lowest BCUT2D eigenvalue weighted by molar-refractivity contribution is 0.207. The molecule has 1 aliphatic carbocycles. The predicted octanol–water partition coefficient (Wildman–Crippen LogP) is 2.60. The van der Waals surface area contributed by atoms with Crippen molar-refractivity contribution in [3.63, 3.8) is 0 Å². The Balaban J connectivity index is 0.000000882. The van der Waals surface area contributed by atoms with E-state index in [2.05, 4.69) is 31.8 Å². The molecule has 0 atom stereocenters. The van der Waals surface area contributed by atoms with E-state index >= 15 is 0 Å². The Morgan fingerprint density at radius 1 is 1.14 bits per heavy atom. The maximum Gasteiger partial charge on any atom is 0.147 e. The molecule has 1 aliphatic heterocycles. The largest absolute Gasteiger partial charge is 0.399 e. The molecular weight excluding hydrogens is 321 g/mol. The van der Waals surface area contributed by atoms with Crippen LogP contribution in [0.3, 0.4) is 0 Å². The lowest BCUT2D eigenvalue weighted by atomic mass is 10.2. The maximum absolute atomic E-state index is 5.84. The lowest BCUT2D eigenvalue weighted by Crippen LogP contribution is -2.33. The summed E-state index contributed by atoms with van der Waals surface area (Å²) in [5.41, 5.74) is 7.94. The minimum absolute atomic E-state index is 0. The molecule has 120 valence electrons. The Hall–Kier alpha value is -1.30. The molecule has 0 unspecified atom stereocenters. The van der Waals surface area contributed by atoms with E-state index in [1.807, 2.05) is 12.1 Å². The topological polar surface area (TPSA) is 60.0 Å². The fourth-order valence-corrected chi connectivity index (χ4v) is 2.96. The van der Waals surface area contributed by atoms with Crippen LogP contribution in [0.4, 0.5) is 5.69 Å². The summed E-state index contributed by atoms with van der Waals surface area (Å²) < 4.78 is 2.33. The van der Waals surface area contributed by atoms with E-state index in [1.165, 1.54) is 24.2 Å². The number of fused-ring (bicyclic) bond motifs is 1. The van der Waals surface area contributed by atoms with Crippen LogP contribution in [0.25, 0.3) is 0 Å². The molecule has 2 heterocycles. The van der Waals surface area contributed by atoms with Crippen LogP contribution in [0.5, 0.6) is 0 Å². The Bertz CT molecular complexity index is 639. The highest BCUT2D eigenvalue weighted by Crippen LogP contribution is 2.39. The molecule has 5 nitrogen and oxygen atoms in total. The fourth-order valence-electron chi connectivity index (χ4n) is 2.96. The van der Waals surface area contributed by atoms with Gasteiger partial charge in [0.05, 0.1) is 6.54 Å². The molecule has 2 N–H and O–H groups in total. The average molecular weight is 342 g/mol. The van der Waals surface area contributed by atoms with E-state index < -0.39 is 0 Å². The third-order valence-electron chi connectivity index (χ3n) is 4.16. The van der Waals surface area contributed by atoms with E-state index in [4.69, 9.17) is 5.73 Å². The molecule has 0 radical (unpaired) electrons. The van der Waals surface area contributed by atoms with Gasteiger partial charge >= 0.3 is 0 Å². The van der Waals surface area contributed by atoms with E-state index in [-0.39, 0.29) is 24.8 Å². The molecule has 0 amide bonds. The summed E-state index contributed by atoms with van der Waals surface area (Å²) in [4.78, 5) is 2.41. The molecule has 1 fully saturated rings. The number of halogens is 2. The first-order valence-electron chi connectivity index (χ1n) is 7.28. The summed E-state index contributed by atoms with van der Waals surface area (Å²) in [6.45, 7) is 3.88. The zero-order chi connectivity index (χ0) is 13.5. The van der Waals surface area contributed by atoms with Crippen LogP contribution in [0, 0.1) is 0 Å². The molecule has 1 aromatic carbocycles. The van der Waals surface area contributed by atoms with Crippen molar-refractivity contribution < 1.29 is 0 Å². The maximum atomic E-state index is 5.84. The van der Waals surface area contributed by atoms with E-state index in [1.54, 1.807) is 0 Å².